The number of amides is 2. The van der Waals surface area contributed by atoms with Gasteiger partial charge in [0.05, 0.1) is 5.97 Å². The molecule has 2 aliphatic heterocycles. The number of thiazole rings is 1. The van der Waals surface area contributed by atoms with Crippen LogP contribution in [0.3, 0.4) is 0 Å². The van der Waals surface area contributed by atoms with Gasteiger partial charge in [-0.15, -0.1) is 23.1 Å². The number of fused-ring (bicyclic) bond motifs is 1. The van der Waals surface area contributed by atoms with Crippen molar-refractivity contribution in [3.8, 4) is 0 Å². The van der Waals surface area contributed by atoms with Gasteiger partial charge in [0.15, 0.2) is 29.8 Å². The SMILES string of the molecule is CC(C)(O/N=C(\C(=O)N[C@H]1C(=O)N2C(C(=O)[O-])C(C[n+]3ccccc3)=CS[C@@H]12)c1csc(N)n1)C(=O)O. The fourth-order valence-corrected chi connectivity index (χ4v) is 5.35. The third-order valence-electron chi connectivity index (χ3n) is 5.58. The molecule has 2 aliphatic rings. The summed E-state index contributed by atoms with van der Waals surface area (Å²) in [5, 5.41) is 30.0. The van der Waals surface area contributed by atoms with E-state index in [-0.39, 0.29) is 23.1 Å². The molecule has 15 heteroatoms. The molecular weight excluding hydrogens is 524 g/mol. The van der Waals surface area contributed by atoms with Crippen LogP contribution in [0.25, 0.3) is 0 Å². The lowest BCUT2D eigenvalue weighted by Gasteiger charge is -2.52. The maximum absolute atomic E-state index is 13.1. The van der Waals surface area contributed by atoms with Gasteiger partial charge >= 0.3 is 5.97 Å². The lowest BCUT2D eigenvalue weighted by Crippen LogP contribution is -2.75. The molecule has 13 nitrogen and oxygen atoms in total. The summed E-state index contributed by atoms with van der Waals surface area (Å²) in [5.41, 5.74) is 4.00. The first-order valence-corrected chi connectivity index (χ1v) is 12.6. The zero-order valence-electron chi connectivity index (χ0n) is 19.6. The normalized spacial score (nSPS) is 21.4. The van der Waals surface area contributed by atoms with Crippen LogP contribution in [0.4, 0.5) is 5.13 Å². The number of carbonyl (C=O) groups is 4. The van der Waals surface area contributed by atoms with Crippen LogP contribution >= 0.6 is 23.1 Å². The molecule has 2 aromatic rings. The van der Waals surface area contributed by atoms with Crippen molar-refractivity contribution in [2.75, 3.05) is 5.73 Å². The van der Waals surface area contributed by atoms with Crippen molar-refractivity contribution in [2.45, 2.75) is 43.5 Å². The summed E-state index contributed by atoms with van der Waals surface area (Å²) in [6.07, 6.45) is 3.54. The number of anilines is 1. The number of nitrogens with one attached hydrogen (secondary N) is 1. The molecule has 194 valence electrons. The monoisotopic (exact) mass is 546 g/mol. The number of pyridine rings is 1. The van der Waals surface area contributed by atoms with Gasteiger partial charge in [-0.3, -0.25) is 9.59 Å². The van der Waals surface area contributed by atoms with Crippen molar-refractivity contribution in [1.82, 2.24) is 15.2 Å². The molecule has 1 unspecified atom stereocenters. The summed E-state index contributed by atoms with van der Waals surface area (Å²) < 4.78 is 1.77. The molecule has 3 atom stereocenters. The van der Waals surface area contributed by atoms with Crippen LogP contribution in [-0.2, 0) is 30.6 Å². The summed E-state index contributed by atoms with van der Waals surface area (Å²) in [4.78, 5) is 59.7. The second-order valence-corrected chi connectivity index (χ2v) is 10.5. The Morgan fingerprint density at radius 1 is 1.32 bits per heavy atom. The minimum Gasteiger partial charge on any atom is -0.548 e. The summed E-state index contributed by atoms with van der Waals surface area (Å²) in [5.74, 6) is -4.24. The maximum atomic E-state index is 13.1. The van der Waals surface area contributed by atoms with Gasteiger partial charge in [0.1, 0.15) is 23.2 Å². The van der Waals surface area contributed by atoms with Gasteiger partial charge in [-0.05, 0) is 19.3 Å². The Labute approximate surface area is 218 Å². The number of aromatic nitrogens is 2. The Morgan fingerprint density at radius 3 is 2.62 bits per heavy atom. The van der Waals surface area contributed by atoms with Crippen molar-refractivity contribution in [2.24, 2.45) is 5.16 Å². The van der Waals surface area contributed by atoms with Crippen LogP contribution in [0.1, 0.15) is 19.5 Å². The maximum Gasteiger partial charge on any atom is 0.350 e. The number of oxime groups is 1. The predicted molar refractivity (Wildman–Crippen MR) is 130 cm³/mol. The summed E-state index contributed by atoms with van der Waals surface area (Å²) in [6, 6.07) is 3.04. The zero-order valence-corrected chi connectivity index (χ0v) is 21.2. The van der Waals surface area contributed by atoms with Crippen molar-refractivity contribution in [1.29, 1.82) is 0 Å². The van der Waals surface area contributed by atoms with Gasteiger partial charge in [0, 0.05) is 23.1 Å². The number of hydrogen-bond donors (Lipinski definition) is 3. The van der Waals surface area contributed by atoms with Gasteiger partial charge < -0.3 is 35.8 Å². The number of rotatable bonds is 9. The number of hydrogen-bond acceptors (Lipinski definition) is 11. The lowest BCUT2D eigenvalue weighted by molar-refractivity contribution is -0.689. The van der Waals surface area contributed by atoms with Crippen LogP contribution < -0.4 is 20.7 Å². The van der Waals surface area contributed by atoms with Gasteiger partial charge in [-0.25, -0.2) is 14.3 Å². The topological polar surface area (TPSA) is 191 Å². The summed E-state index contributed by atoms with van der Waals surface area (Å²) in [7, 11) is 0. The van der Waals surface area contributed by atoms with Crippen LogP contribution in [0.15, 0.2) is 52.1 Å². The highest BCUT2D eigenvalue weighted by Gasteiger charge is 2.55. The Hall–Kier alpha value is -3.98. The van der Waals surface area contributed by atoms with Crippen molar-refractivity contribution >= 4 is 57.7 Å². The van der Waals surface area contributed by atoms with E-state index in [9.17, 15) is 29.4 Å². The molecule has 37 heavy (non-hydrogen) atoms. The molecule has 4 heterocycles. The average molecular weight is 547 g/mol. The third-order valence-corrected chi connectivity index (χ3v) is 7.47. The molecule has 4 rings (SSSR count). The molecule has 1 saturated heterocycles. The molecule has 0 bridgehead atoms. The highest BCUT2D eigenvalue weighted by Crippen LogP contribution is 2.40. The number of aliphatic carboxylic acids is 2. The van der Waals surface area contributed by atoms with Crippen LogP contribution in [-0.4, -0.2) is 67.5 Å². The van der Waals surface area contributed by atoms with Crippen LogP contribution in [0, 0.1) is 0 Å². The van der Waals surface area contributed by atoms with Crippen LogP contribution in [0.5, 0.6) is 0 Å². The lowest BCUT2D eigenvalue weighted by atomic mass is 9.97. The highest BCUT2D eigenvalue weighted by molar-refractivity contribution is 8.02. The molecule has 2 amide bonds. The van der Waals surface area contributed by atoms with Gasteiger partial charge in [0.2, 0.25) is 11.5 Å². The first-order valence-electron chi connectivity index (χ1n) is 10.8. The molecule has 2 aromatic heterocycles. The van der Waals surface area contributed by atoms with E-state index in [1.54, 1.807) is 34.5 Å². The minimum atomic E-state index is -1.75. The molecular formula is C22H22N6O7S2. The second-order valence-electron chi connectivity index (χ2n) is 8.60. The van der Waals surface area contributed by atoms with E-state index in [1.165, 1.54) is 31.0 Å². The van der Waals surface area contributed by atoms with E-state index >= 15 is 0 Å². The summed E-state index contributed by atoms with van der Waals surface area (Å²) in [6.45, 7) is 2.72. The molecule has 4 N–H and O–H groups in total. The first kappa shape index (κ1) is 26.1. The quantitative estimate of drug-likeness (QED) is 0.147. The van der Waals surface area contributed by atoms with E-state index in [4.69, 9.17) is 10.6 Å². The standard InChI is InChI=1S/C22H22N6O7S2/c1-22(2,20(33)34)35-26-13(12-10-37-21(23)24-12)16(29)25-14-17(30)28-15(19(31)32)11(9-36-18(14)28)8-27-6-4-3-5-7-27/h3-7,9-10,14-15,18H,8H2,1-2H3,(H4-,23,24,25,29,31,32,33,34)/b26-13-/t14-,15?,18-/m0/s1. The first-order chi connectivity index (χ1) is 17.5. The predicted octanol–water partition coefficient (Wildman–Crippen LogP) is -1.30. The summed E-state index contributed by atoms with van der Waals surface area (Å²) >= 11 is 2.21. The number of carboxylic acid groups (broad SMARTS) is 2. The molecule has 0 spiro atoms. The number of nitrogens with two attached hydrogens (primary N) is 1. The molecule has 0 radical (unpaired) electrons. The fourth-order valence-electron chi connectivity index (χ4n) is 3.59. The number of nitrogen functional groups attached to an aromatic ring is 1. The number of carbonyl (C=O) groups excluding carboxylic acids is 3. The number of β-lactam (4-membered cyclic amide) rings is 1. The van der Waals surface area contributed by atoms with E-state index in [0.29, 0.717) is 5.57 Å². The number of carboxylic acids is 2. The van der Waals surface area contributed by atoms with Gasteiger partial charge in [0.25, 0.3) is 5.91 Å². The molecule has 0 saturated carbocycles. The Kier molecular flexibility index (Phi) is 7.18. The van der Waals surface area contributed by atoms with E-state index in [1.807, 2.05) is 6.07 Å². The van der Waals surface area contributed by atoms with Crippen molar-refractivity contribution < 1.29 is 38.8 Å². The Balaban J connectivity index is 1.54. The second kappa shape index (κ2) is 10.2. The van der Waals surface area contributed by atoms with Gasteiger partial charge in [-0.1, -0.05) is 11.2 Å². The van der Waals surface area contributed by atoms with E-state index in [2.05, 4.69) is 15.5 Å². The molecule has 0 aromatic carbocycles. The average Bonchev–Trinajstić information content (AvgIpc) is 3.28. The zero-order chi connectivity index (χ0) is 26.9. The van der Waals surface area contributed by atoms with Crippen molar-refractivity contribution in [3.63, 3.8) is 0 Å². The molecule has 0 aliphatic carbocycles. The van der Waals surface area contributed by atoms with Crippen molar-refractivity contribution in [3.05, 3.63) is 52.6 Å². The highest BCUT2D eigenvalue weighted by atomic mass is 32.2. The third kappa shape index (κ3) is 5.27. The van der Waals surface area contributed by atoms with E-state index in [0.717, 1.165) is 16.2 Å². The molecule has 1 fully saturated rings. The smallest absolute Gasteiger partial charge is 0.350 e. The number of nitrogens with zero attached hydrogens (tertiary/aromatic N) is 4. The largest absolute Gasteiger partial charge is 0.548 e. The number of thioether (sulfide) groups is 1. The van der Waals surface area contributed by atoms with Crippen LogP contribution in [0.2, 0.25) is 0 Å². The van der Waals surface area contributed by atoms with Gasteiger partial charge in [-0.2, -0.15) is 0 Å². The fraction of sp³-hybridized carbons (Fsp3) is 0.318. The van der Waals surface area contributed by atoms with E-state index < -0.39 is 46.8 Å². The Morgan fingerprint density at radius 2 is 2.03 bits per heavy atom. The minimum absolute atomic E-state index is 0.0239. The Bertz CT molecular complexity index is 1310.